The molecule has 0 bridgehead atoms. The average molecular weight is 581 g/mol. The van der Waals surface area contributed by atoms with Gasteiger partial charge in [-0.3, -0.25) is 14.5 Å². The molecule has 43 heavy (non-hydrogen) atoms. The fourth-order valence-corrected chi connectivity index (χ4v) is 6.70. The Bertz CT molecular complexity index is 1370. The first-order chi connectivity index (χ1) is 21.0. The maximum atomic E-state index is 13.8. The molecule has 3 fully saturated rings. The summed E-state index contributed by atoms with van der Waals surface area (Å²) < 4.78 is 0. The summed E-state index contributed by atoms with van der Waals surface area (Å²) in [6.07, 6.45) is 3.28. The summed E-state index contributed by atoms with van der Waals surface area (Å²) in [4.78, 5) is 51.3. The van der Waals surface area contributed by atoms with E-state index in [1.165, 1.54) is 0 Å². The highest BCUT2D eigenvalue weighted by atomic mass is 16.2. The molecule has 3 saturated heterocycles. The lowest BCUT2D eigenvalue weighted by atomic mass is 9.93. The van der Waals surface area contributed by atoms with Crippen LogP contribution in [0.3, 0.4) is 0 Å². The van der Waals surface area contributed by atoms with E-state index >= 15 is 0 Å². The van der Waals surface area contributed by atoms with Gasteiger partial charge in [-0.05, 0) is 37.8 Å². The van der Waals surface area contributed by atoms with Gasteiger partial charge in [-0.2, -0.15) is 0 Å². The first-order valence-corrected chi connectivity index (χ1v) is 15.5. The number of amides is 4. The second kappa shape index (κ2) is 13.0. The highest BCUT2D eigenvalue weighted by Crippen LogP contribution is 2.27. The molecule has 1 aromatic heterocycles. The van der Waals surface area contributed by atoms with Crippen LogP contribution >= 0.6 is 0 Å². The van der Waals surface area contributed by atoms with Crippen LogP contribution in [0.15, 0.2) is 72.8 Å². The maximum Gasteiger partial charge on any atom is 0.314 e. The fraction of sp³-hybridized carbons (Fsp3) is 0.412. The summed E-state index contributed by atoms with van der Waals surface area (Å²) in [5.74, 6) is 0.249. The molecule has 9 heteroatoms. The minimum Gasteiger partial charge on any atom is -0.351 e. The number of piperidine rings is 2. The third-order valence-electron chi connectivity index (χ3n) is 9.26. The monoisotopic (exact) mass is 580 g/mol. The molecule has 2 N–H and O–H groups in total. The van der Waals surface area contributed by atoms with Crippen molar-refractivity contribution in [2.24, 2.45) is 11.7 Å². The Morgan fingerprint density at radius 3 is 1.65 bits per heavy atom. The Labute approximate surface area is 253 Å². The van der Waals surface area contributed by atoms with E-state index in [-0.39, 0.29) is 17.7 Å². The Morgan fingerprint density at radius 2 is 1.14 bits per heavy atom. The molecule has 0 unspecified atom stereocenters. The number of urea groups is 1. The molecule has 224 valence electrons. The molecule has 4 amide bonds. The van der Waals surface area contributed by atoms with Crippen LogP contribution in [-0.4, -0.2) is 101 Å². The van der Waals surface area contributed by atoms with Gasteiger partial charge in [-0.15, -0.1) is 0 Å². The highest BCUT2D eigenvalue weighted by molar-refractivity contribution is 5.96. The number of nitrogens with two attached hydrogens (primary N) is 1. The molecule has 9 nitrogen and oxygen atoms in total. The molecule has 3 aliphatic rings. The van der Waals surface area contributed by atoms with E-state index in [2.05, 4.69) is 4.90 Å². The number of likely N-dealkylation sites (tertiary alicyclic amines) is 2. The molecule has 2 aromatic carbocycles. The minimum absolute atomic E-state index is 0.0142. The van der Waals surface area contributed by atoms with Gasteiger partial charge in [0.1, 0.15) is 0 Å². The molecule has 0 atom stereocenters. The lowest BCUT2D eigenvalue weighted by Gasteiger charge is -2.43. The van der Waals surface area contributed by atoms with Gasteiger partial charge in [0, 0.05) is 81.0 Å². The van der Waals surface area contributed by atoms with Crippen molar-refractivity contribution in [3.63, 3.8) is 0 Å². The minimum atomic E-state index is -0.400. The van der Waals surface area contributed by atoms with Crippen LogP contribution in [0.1, 0.15) is 36.0 Å². The number of hydrogen-bond acceptors (Lipinski definition) is 5. The van der Waals surface area contributed by atoms with E-state index in [1.807, 2.05) is 82.6 Å². The third kappa shape index (κ3) is 6.57. The summed E-state index contributed by atoms with van der Waals surface area (Å²) in [6, 6.07) is 23.9. The van der Waals surface area contributed by atoms with Crippen molar-refractivity contribution >= 4 is 17.8 Å². The third-order valence-corrected chi connectivity index (χ3v) is 9.26. The number of primary amides is 1. The van der Waals surface area contributed by atoms with E-state index in [4.69, 9.17) is 10.7 Å². The SMILES string of the molecule is NC(=O)N1CCC(C(=O)N2CCC(N3CCN(C(=O)c4cc(-c5ccccc5)nc(-c5ccccc5)c4)CC3)CC2)CC1. The predicted molar refractivity (Wildman–Crippen MR) is 166 cm³/mol. The van der Waals surface area contributed by atoms with Gasteiger partial charge in [0.15, 0.2) is 0 Å². The first-order valence-electron chi connectivity index (χ1n) is 15.5. The lowest BCUT2D eigenvalue weighted by Crippen LogP contribution is -2.55. The van der Waals surface area contributed by atoms with Gasteiger partial charge in [0.2, 0.25) is 5.91 Å². The molecule has 4 heterocycles. The summed E-state index contributed by atoms with van der Waals surface area (Å²) >= 11 is 0. The van der Waals surface area contributed by atoms with Crippen LogP contribution in [0.4, 0.5) is 4.79 Å². The summed E-state index contributed by atoms with van der Waals surface area (Å²) in [6.45, 7) is 5.68. The number of pyridine rings is 1. The average Bonchev–Trinajstić information content (AvgIpc) is 3.08. The first kappa shape index (κ1) is 28.9. The number of carbonyl (C=O) groups excluding carboxylic acids is 3. The van der Waals surface area contributed by atoms with Crippen LogP contribution in [0.2, 0.25) is 0 Å². The zero-order chi connectivity index (χ0) is 29.8. The van der Waals surface area contributed by atoms with Crippen molar-refractivity contribution in [1.29, 1.82) is 0 Å². The summed E-state index contributed by atoms with van der Waals surface area (Å²) in [5.41, 5.74) is 9.62. The number of piperazine rings is 1. The van der Waals surface area contributed by atoms with Gasteiger partial charge in [-0.25, -0.2) is 9.78 Å². The molecule has 0 aliphatic carbocycles. The molecule has 6 rings (SSSR count). The maximum absolute atomic E-state index is 13.8. The van der Waals surface area contributed by atoms with Crippen molar-refractivity contribution < 1.29 is 14.4 Å². The molecule has 3 aliphatic heterocycles. The zero-order valence-electron chi connectivity index (χ0n) is 24.6. The fourth-order valence-electron chi connectivity index (χ4n) is 6.70. The standard InChI is InChI=1S/C34H40N6O3/c35-34(43)40-15-11-27(12-16-40)32(41)38-17-13-29(14-18-38)37-19-21-39(22-20-37)33(42)28-23-30(25-7-3-1-4-8-25)36-31(24-28)26-9-5-2-6-10-26/h1-10,23-24,27,29H,11-22H2,(H2,35,43). The number of benzene rings is 2. The van der Waals surface area contributed by atoms with Crippen LogP contribution in [0.5, 0.6) is 0 Å². The smallest absolute Gasteiger partial charge is 0.314 e. The topological polar surface area (TPSA) is 103 Å². The van der Waals surface area contributed by atoms with Gasteiger partial charge < -0.3 is 20.4 Å². The number of carbonyl (C=O) groups is 3. The Balaban J connectivity index is 1.05. The van der Waals surface area contributed by atoms with Gasteiger partial charge in [-0.1, -0.05) is 60.7 Å². The molecular weight excluding hydrogens is 540 g/mol. The van der Waals surface area contributed by atoms with Crippen LogP contribution in [0.25, 0.3) is 22.5 Å². The Hall–Kier alpha value is -4.24. The Kier molecular flexibility index (Phi) is 8.69. The summed E-state index contributed by atoms with van der Waals surface area (Å²) in [7, 11) is 0. The molecule has 0 saturated carbocycles. The van der Waals surface area contributed by atoms with E-state index in [0.717, 1.165) is 61.5 Å². The quantitative estimate of drug-likeness (QED) is 0.492. The van der Waals surface area contributed by atoms with E-state index in [0.29, 0.717) is 50.6 Å². The van der Waals surface area contributed by atoms with Crippen molar-refractivity contribution in [3.8, 4) is 22.5 Å². The molecule has 0 spiro atoms. The van der Waals surface area contributed by atoms with E-state index in [1.54, 1.807) is 4.90 Å². The van der Waals surface area contributed by atoms with Crippen LogP contribution in [-0.2, 0) is 4.79 Å². The van der Waals surface area contributed by atoms with E-state index in [9.17, 15) is 14.4 Å². The normalized spacial score (nSPS) is 18.9. The Morgan fingerprint density at radius 1 is 0.628 bits per heavy atom. The number of aromatic nitrogens is 1. The van der Waals surface area contributed by atoms with Crippen molar-refractivity contribution in [3.05, 3.63) is 78.4 Å². The van der Waals surface area contributed by atoms with Crippen LogP contribution < -0.4 is 5.73 Å². The zero-order valence-corrected chi connectivity index (χ0v) is 24.6. The van der Waals surface area contributed by atoms with Crippen LogP contribution in [0, 0.1) is 5.92 Å². The van der Waals surface area contributed by atoms with Crippen molar-refractivity contribution in [2.75, 3.05) is 52.4 Å². The number of rotatable bonds is 5. The van der Waals surface area contributed by atoms with Crippen molar-refractivity contribution in [1.82, 2.24) is 24.6 Å². The number of hydrogen-bond donors (Lipinski definition) is 1. The second-order valence-electron chi connectivity index (χ2n) is 11.8. The van der Waals surface area contributed by atoms with Crippen molar-refractivity contribution in [2.45, 2.75) is 31.7 Å². The highest BCUT2D eigenvalue weighted by Gasteiger charge is 2.34. The second-order valence-corrected chi connectivity index (χ2v) is 11.8. The molecule has 3 aromatic rings. The molecule has 0 radical (unpaired) electrons. The van der Waals surface area contributed by atoms with E-state index < -0.39 is 6.03 Å². The molecular formula is C34H40N6O3. The van der Waals surface area contributed by atoms with Gasteiger partial charge >= 0.3 is 6.03 Å². The van der Waals surface area contributed by atoms with Gasteiger partial charge in [0.25, 0.3) is 5.91 Å². The van der Waals surface area contributed by atoms with Gasteiger partial charge in [0.05, 0.1) is 11.4 Å². The summed E-state index contributed by atoms with van der Waals surface area (Å²) in [5, 5.41) is 0. The largest absolute Gasteiger partial charge is 0.351 e. The lowest BCUT2D eigenvalue weighted by molar-refractivity contribution is -0.138. The predicted octanol–water partition coefficient (Wildman–Crippen LogP) is 3.96. The number of nitrogens with zero attached hydrogens (tertiary/aromatic N) is 5.